The van der Waals surface area contributed by atoms with Gasteiger partial charge in [0.1, 0.15) is 5.56 Å². The maximum absolute atomic E-state index is 12.6. The Hall–Kier alpha value is -2.85. The number of benzene rings is 2. The van der Waals surface area contributed by atoms with Crippen molar-refractivity contribution in [2.45, 2.75) is 13.5 Å². The van der Waals surface area contributed by atoms with Crippen LogP contribution >= 0.6 is 11.6 Å². The predicted octanol–water partition coefficient (Wildman–Crippen LogP) is 4.11. The Morgan fingerprint density at radius 3 is 2.56 bits per heavy atom. The lowest BCUT2D eigenvalue weighted by Gasteiger charge is -2.09. The molecule has 0 aliphatic carbocycles. The van der Waals surface area contributed by atoms with Crippen molar-refractivity contribution in [2.24, 2.45) is 0 Å². The fourth-order valence-electron chi connectivity index (χ4n) is 2.54. The second kappa shape index (κ2) is 7.36. The lowest BCUT2D eigenvalue weighted by molar-refractivity contribution is 0.102. The molecule has 126 valence electrons. The van der Waals surface area contributed by atoms with Gasteiger partial charge in [0, 0.05) is 16.9 Å². The Morgan fingerprint density at radius 1 is 1.08 bits per heavy atom. The van der Waals surface area contributed by atoms with Gasteiger partial charge in [0.05, 0.1) is 6.54 Å². The first-order chi connectivity index (χ1) is 12.0. The van der Waals surface area contributed by atoms with Gasteiger partial charge >= 0.3 is 0 Å². The number of anilines is 1. The fraction of sp³-hybridized carbons (Fsp3) is 0.100. The van der Waals surface area contributed by atoms with Gasteiger partial charge in [-0.1, -0.05) is 35.9 Å². The van der Waals surface area contributed by atoms with Gasteiger partial charge in [0.25, 0.3) is 11.5 Å². The summed E-state index contributed by atoms with van der Waals surface area (Å²) in [7, 11) is 0. The van der Waals surface area contributed by atoms with E-state index in [-0.39, 0.29) is 11.1 Å². The van der Waals surface area contributed by atoms with Crippen LogP contribution in [0.25, 0.3) is 0 Å². The highest BCUT2D eigenvalue weighted by molar-refractivity contribution is 6.30. The number of rotatable bonds is 4. The highest BCUT2D eigenvalue weighted by atomic mass is 35.5. The minimum Gasteiger partial charge on any atom is -0.322 e. The summed E-state index contributed by atoms with van der Waals surface area (Å²) >= 11 is 5.88. The first-order valence-electron chi connectivity index (χ1n) is 7.85. The number of amides is 1. The molecule has 1 amide bonds. The van der Waals surface area contributed by atoms with Crippen LogP contribution in [0.2, 0.25) is 5.02 Å². The molecule has 0 bridgehead atoms. The van der Waals surface area contributed by atoms with Crippen molar-refractivity contribution >= 4 is 23.2 Å². The monoisotopic (exact) mass is 352 g/mol. The number of hydrogen-bond acceptors (Lipinski definition) is 2. The third-order valence-electron chi connectivity index (χ3n) is 3.81. The quantitative estimate of drug-likeness (QED) is 0.768. The molecule has 4 nitrogen and oxygen atoms in total. The van der Waals surface area contributed by atoms with E-state index in [1.807, 2.05) is 37.3 Å². The molecule has 0 atom stereocenters. The van der Waals surface area contributed by atoms with Crippen molar-refractivity contribution in [3.63, 3.8) is 0 Å². The van der Waals surface area contributed by atoms with E-state index in [4.69, 9.17) is 11.6 Å². The van der Waals surface area contributed by atoms with Crippen molar-refractivity contribution in [2.75, 3.05) is 5.32 Å². The number of hydrogen-bond donors (Lipinski definition) is 1. The van der Waals surface area contributed by atoms with Crippen LogP contribution in [0.4, 0.5) is 5.69 Å². The van der Waals surface area contributed by atoms with E-state index in [0.29, 0.717) is 17.3 Å². The second-order valence-corrected chi connectivity index (χ2v) is 6.24. The van der Waals surface area contributed by atoms with Gasteiger partial charge in [-0.05, 0) is 54.4 Å². The normalized spacial score (nSPS) is 10.5. The second-order valence-electron chi connectivity index (χ2n) is 5.80. The first-order valence-corrected chi connectivity index (χ1v) is 8.22. The molecule has 5 heteroatoms. The molecule has 0 fully saturated rings. The largest absolute Gasteiger partial charge is 0.322 e. The van der Waals surface area contributed by atoms with Crippen molar-refractivity contribution < 1.29 is 4.79 Å². The van der Waals surface area contributed by atoms with Crippen molar-refractivity contribution in [1.29, 1.82) is 0 Å². The van der Waals surface area contributed by atoms with Crippen LogP contribution in [-0.2, 0) is 6.54 Å². The minimum atomic E-state index is -0.416. The van der Waals surface area contributed by atoms with Crippen LogP contribution in [0.3, 0.4) is 0 Å². The Bertz CT molecular complexity index is 962. The van der Waals surface area contributed by atoms with E-state index in [2.05, 4.69) is 5.32 Å². The summed E-state index contributed by atoms with van der Waals surface area (Å²) in [6, 6.07) is 17.9. The zero-order valence-electron chi connectivity index (χ0n) is 13.7. The number of nitrogens with one attached hydrogen (secondary N) is 1. The predicted molar refractivity (Wildman–Crippen MR) is 100 cm³/mol. The summed E-state index contributed by atoms with van der Waals surface area (Å²) in [4.78, 5) is 25.1. The minimum absolute atomic E-state index is 0.109. The number of carbonyl (C=O) groups excluding carboxylic acids is 1. The zero-order chi connectivity index (χ0) is 17.8. The molecule has 2 aromatic carbocycles. The first kappa shape index (κ1) is 17.0. The number of aryl methyl sites for hydroxylation is 1. The molecule has 0 radical (unpaired) electrons. The molecule has 25 heavy (non-hydrogen) atoms. The number of nitrogens with zero attached hydrogens (tertiary/aromatic N) is 1. The molecule has 3 rings (SSSR count). The molecule has 3 aromatic rings. The summed E-state index contributed by atoms with van der Waals surface area (Å²) in [5.41, 5.74) is 2.41. The molecule has 0 aliphatic rings. The zero-order valence-corrected chi connectivity index (χ0v) is 14.5. The van der Waals surface area contributed by atoms with E-state index >= 15 is 0 Å². The van der Waals surface area contributed by atoms with E-state index in [0.717, 1.165) is 11.1 Å². The summed E-state index contributed by atoms with van der Waals surface area (Å²) in [5, 5.41) is 3.41. The topological polar surface area (TPSA) is 51.1 Å². The maximum Gasteiger partial charge on any atom is 0.263 e. The summed E-state index contributed by atoms with van der Waals surface area (Å²) < 4.78 is 1.51. The van der Waals surface area contributed by atoms with Gasteiger partial charge in [-0.25, -0.2) is 0 Å². The van der Waals surface area contributed by atoms with Gasteiger partial charge in [-0.15, -0.1) is 0 Å². The van der Waals surface area contributed by atoms with Gasteiger partial charge in [-0.3, -0.25) is 9.59 Å². The molecule has 0 saturated carbocycles. The van der Waals surface area contributed by atoms with E-state index in [1.54, 1.807) is 30.5 Å². The number of aromatic nitrogens is 1. The third kappa shape index (κ3) is 4.17. The van der Waals surface area contributed by atoms with Crippen LogP contribution in [0, 0.1) is 6.92 Å². The van der Waals surface area contributed by atoms with Gasteiger partial charge < -0.3 is 9.88 Å². The Kier molecular flexibility index (Phi) is 5.00. The standard InChI is InChI=1S/C20H17ClN2O2/c1-14-4-2-5-17(12-14)22-19(24)18-6-3-11-23(20(18)25)13-15-7-9-16(21)10-8-15/h2-12H,13H2,1H3,(H,22,24). The Labute approximate surface area is 150 Å². The van der Waals surface area contributed by atoms with Crippen molar-refractivity contribution in [3.8, 4) is 0 Å². The number of pyridine rings is 1. The molecule has 0 unspecified atom stereocenters. The van der Waals surface area contributed by atoms with E-state index in [9.17, 15) is 9.59 Å². The molecule has 0 aliphatic heterocycles. The summed E-state index contributed by atoms with van der Waals surface area (Å²) in [6.45, 7) is 2.32. The van der Waals surface area contributed by atoms with Gasteiger partial charge in [0.2, 0.25) is 0 Å². The van der Waals surface area contributed by atoms with Gasteiger partial charge in [0.15, 0.2) is 0 Å². The highest BCUT2D eigenvalue weighted by Gasteiger charge is 2.12. The number of halogens is 1. The van der Waals surface area contributed by atoms with Gasteiger partial charge in [-0.2, -0.15) is 0 Å². The third-order valence-corrected chi connectivity index (χ3v) is 4.06. The van der Waals surface area contributed by atoms with Crippen molar-refractivity contribution in [3.05, 3.63) is 98.9 Å². The molecule has 0 saturated heterocycles. The molecular weight excluding hydrogens is 336 g/mol. The molecule has 1 heterocycles. The maximum atomic E-state index is 12.6. The summed E-state index contributed by atoms with van der Waals surface area (Å²) in [6.07, 6.45) is 1.67. The average molecular weight is 353 g/mol. The van der Waals surface area contributed by atoms with Crippen molar-refractivity contribution in [1.82, 2.24) is 4.57 Å². The SMILES string of the molecule is Cc1cccc(NC(=O)c2cccn(Cc3ccc(Cl)cc3)c2=O)c1. The van der Waals surface area contributed by atoms with Crippen LogP contribution in [0.5, 0.6) is 0 Å². The molecule has 1 aromatic heterocycles. The fourth-order valence-corrected chi connectivity index (χ4v) is 2.67. The van der Waals surface area contributed by atoms with Crippen LogP contribution < -0.4 is 10.9 Å². The van der Waals surface area contributed by atoms with Crippen LogP contribution in [-0.4, -0.2) is 10.5 Å². The number of carbonyl (C=O) groups is 1. The van der Waals surface area contributed by atoms with Crippen LogP contribution in [0.1, 0.15) is 21.5 Å². The Morgan fingerprint density at radius 2 is 1.84 bits per heavy atom. The van der Waals surface area contributed by atoms with E-state index in [1.165, 1.54) is 10.6 Å². The molecule has 1 N–H and O–H groups in total. The lowest BCUT2D eigenvalue weighted by atomic mass is 10.2. The Balaban J connectivity index is 1.84. The molecule has 0 spiro atoms. The van der Waals surface area contributed by atoms with E-state index < -0.39 is 5.91 Å². The summed E-state index contributed by atoms with van der Waals surface area (Å²) in [5.74, 6) is -0.416. The lowest BCUT2D eigenvalue weighted by Crippen LogP contribution is -2.29. The highest BCUT2D eigenvalue weighted by Crippen LogP contribution is 2.12. The average Bonchev–Trinajstić information content (AvgIpc) is 2.58. The molecular formula is C20H17ClN2O2. The van der Waals surface area contributed by atoms with Crippen LogP contribution in [0.15, 0.2) is 71.7 Å². The smallest absolute Gasteiger partial charge is 0.263 e.